The molecule has 0 saturated carbocycles. The highest BCUT2D eigenvalue weighted by Crippen LogP contribution is 2.42. The molecule has 2 aromatic rings. The van der Waals surface area contributed by atoms with E-state index in [1.54, 1.807) is 14.2 Å². The predicted molar refractivity (Wildman–Crippen MR) is 104 cm³/mol. The van der Waals surface area contributed by atoms with Gasteiger partial charge >= 0.3 is 5.97 Å². The second-order valence-corrected chi connectivity index (χ2v) is 7.13. The van der Waals surface area contributed by atoms with Gasteiger partial charge in [0.15, 0.2) is 11.5 Å². The number of fused-ring (bicyclic) bond motifs is 1. The van der Waals surface area contributed by atoms with Gasteiger partial charge in [0, 0.05) is 25.6 Å². The van der Waals surface area contributed by atoms with E-state index in [-0.39, 0.29) is 18.4 Å². The lowest BCUT2D eigenvalue weighted by atomic mass is 9.83. The van der Waals surface area contributed by atoms with Crippen LogP contribution in [0.4, 0.5) is 0 Å². The summed E-state index contributed by atoms with van der Waals surface area (Å²) in [7, 11) is 3.27. The number of rotatable bonds is 7. The van der Waals surface area contributed by atoms with E-state index in [9.17, 15) is 9.90 Å². The van der Waals surface area contributed by atoms with Gasteiger partial charge in [-0.05, 0) is 41.2 Å². The molecule has 2 atom stereocenters. The maximum Gasteiger partial charge on any atom is 0.303 e. The predicted octanol–water partition coefficient (Wildman–Crippen LogP) is 3.91. The molecule has 1 aliphatic rings. The molecular weight excluding hydrogens is 342 g/mol. The molecule has 0 amide bonds. The van der Waals surface area contributed by atoms with Crippen LogP contribution in [-0.2, 0) is 17.8 Å². The average molecular weight is 369 g/mol. The summed E-state index contributed by atoms with van der Waals surface area (Å²) in [5.41, 5.74) is 3.58. The SMILES string of the molecule is COc1cc2c(cc1OC)C(C(C)CC(=O)O)N(Cc1ccccc1)CC2. The molecule has 1 heterocycles. The molecule has 5 heteroatoms. The summed E-state index contributed by atoms with van der Waals surface area (Å²) in [6.45, 7) is 3.69. The number of ether oxygens (including phenoxy) is 2. The van der Waals surface area contributed by atoms with E-state index in [1.165, 1.54) is 11.1 Å². The van der Waals surface area contributed by atoms with E-state index < -0.39 is 5.97 Å². The van der Waals surface area contributed by atoms with Crippen molar-refractivity contribution < 1.29 is 19.4 Å². The Hall–Kier alpha value is -2.53. The van der Waals surface area contributed by atoms with Crippen LogP contribution in [-0.4, -0.2) is 36.7 Å². The van der Waals surface area contributed by atoms with Gasteiger partial charge in [0.1, 0.15) is 0 Å². The Bertz CT molecular complexity index is 790. The molecule has 27 heavy (non-hydrogen) atoms. The fourth-order valence-corrected chi connectivity index (χ4v) is 4.08. The normalized spacial score (nSPS) is 17.8. The van der Waals surface area contributed by atoms with E-state index in [4.69, 9.17) is 9.47 Å². The maximum atomic E-state index is 11.4. The average Bonchev–Trinajstić information content (AvgIpc) is 2.66. The molecule has 1 N–H and O–H groups in total. The summed E-state index contributed by atoms with van der Waals surface area (Å²) in [6, 6.07) is 14.4. The monoisotopic (exact) mass is 369 g/mol. The molecule has 0 bridgehead atoms. The lowest BCUT2D eigenvalue weighted by Crippen LogP contribution is -2.39. The number of aliphatic carboxylic acids is 1. The third-order valence-electron chi connectivity index (χ3n) is 5.29. The number of nitrogens with zero attached hydrogens (tertiary/aromatic N) is 1. The summed E-state index contributed by atoms with van der Waals surface area (Å²) in [5, 5.41) is 9.36. The Kier molecular flexibility index (Phi) is 6.01. The standard InChI is InChI=1S/C22H27NO4/c1-15(11-21(24)25)22-18-13-20(27-3)19(26-2)12-17(18)9-10-23(22)14-16-7-5-4-6-8-16/h4-8,12-13,15,22H,9-11,14H2,1-3H3,(H,24,25). The molecule has 144 valence electrons. The lowest BCUT2D eigenvalue weighted by molar-refractivity contribution is -0.138. The summed E-state index contributed by atoms with van der Waals surface area (Å²) in [4.78, 5) is 13.8. The molecule has 0 spiro atoms. The third kappa shape index (κ3) is 4.25. The van der Waals surface area contributed by atoms with Gasteiger partial charge in [-0.15, -0.1) is 0 Å². The summed E-state index contributed by atoms with van der Waals surface area (Å²) < 4.78 is 11.0. The van der Waals surface area contributed by atoms with Gasteiger partial charge in [-0.3, -0.25) is 9.69 Å². The third-order valence-corrected chi connectivity index (χ3v) is 5.29. The molecular formula is C22H27NO4. The highest BCUT2D eigenvalue weighted by atomic mass is 16.5. The molecule has 2 aromatic carbocycles. The van der Waals surface area contributed by atoms with Crippen molar-refractivity contribution >= 4 is 5.97 Å². The summed E-state index contributed by atoms with van der Waals surface area (Å²) in [6.07, 6.45) is 1.03. The van der Waals surface area contributed by atoms with Crippen LogP contribution >= 0.6 is 0 Å². The zero-order valence-electron chi connectivity index (χ0n) is 16.1. The minimum Gasteiger partial charge on any atom is -0.493 e. The second kappa shape index (κ2) is 8.44. The van der Waals surface area contributed by atoms with E-state index in [0.717, 1.165) is 30.8 Å². The Labute approximate surface area is 160 Å². The van der Waals surface area contributed by atoms with Crippen LogP contribution in [0.5, 0.6) is 11.5 Å². The molecule has 1 aliphatic heterocycles. The summed E-state index contributed by atoms with van der Waals surface area (Å²) >= 11 is 0. The molecule has 2 unspecified atom stereocenters. The van der Waals surface area contributed by atoms with Gasteiger partial charge in [0.2, 0.25) is 0 Å². The Morgan fingerprint density at radius 2 is 1.85 bits per heavy atom. The minimum absolute atomic E-state index is 0.0184. The first-order valence-electron chi connectivity index (χ1n) is 9.28. The van der Waals surface area contributed by atoms with Gasteiger partial charge in [0.05, 0.1) is 14.2 Å². The van der Waals surface area contributed by atoms with E-state index in [0.29, 0.717) is 5.75 Å². The molecule has 5 nitrogen and oxygen atoms in total. The number of hydrogen-bond donors (Lipinski definition) is 1. The molecule has 0 aromatic heterocycles. The van der Waals surface area contributed by atoms with E-state index in [2.05, 4.69) is 17.0 Å². The Morgan fingerprint density at radius 1 is 1.19 bits per heavy atom. The molecule has 3 rings (SSSR count). The van der Waals surface area contributed by atoms with Crippen molar-refractivity contribution in [2.45, 2.75) is 32.4 Å². The first-order chi connectivity index (χ1) is 13.0. The van der Waals surface area contributed by atoms with Crippen LogP contribution in [0.15, 0.2) is 42.5 Å². The van der Waals surface area contributed by atoms with E-state index >= 15 is 0 Å². The summed E-state index contributed by atoms with van der Waals surface area (Å²) in [5.74, 6) is 0.612. The maximum absolute atomic E-state index is 11.4. The van der Waals surface area contributed by atoms with Crippen molar-refractivity contribution in [1.29, 1.82) is 0 Å². The second-order valence-electron chi connectivity index (χ2n) is 7.13. The number of hydrogen-bond acceptors (Lipinski definition) is 4. The van der Waals surface area contributed by atoms with Crippen LogP contribution in [0, 0.1) is 5.92 Å². The zero-order chi connectivity index (χ0) is 19.4. The molecule has 0 aliphatic carbocycles. The fourth-order valence-electron chi connectivity index (χ4n) is 4.08. The van der Waals surface area contributed by atoms with Gasteiger partial charge < -0.3 is 14.6 Å². The number of carboxylic acids is 1. The van der Waals surface area contributed by atoms with Crippen molar-refractivity contribution in [2.24, 2.45) is 5.92 Å². The first kappa shape index (κ1) is 19.2. The minimum atomic E-state index is -0.769. The molecule has 0 saturated heterocycles. The number of carbonyl (C=O) groups is 1. The fraction of sp³-hybridized carbons (Fsp3) is 0.409. The topological polar surface area (TPSA) is 59.0 Å². The van der Waals surface area contributed by atoms with Gasteiger partial charge in [-0.2, -0.15) is 0 Å². The van der Waals surface area contributed by atoms with Crippen LogP contribution in [0.2, 0.25) is 0 Å². The van der Waals surface area contributed by atoms with Crippen molar-refractivity contribution in [3.8, 4) is 11.5 Å². The first-order valence-corrected chi connectivity index (χ1v) is 9.28. The van der Waals surface area contributed by atoms with E-state index in [1.807, 2.05) is 37.3 Å². The van der Waals surface area contributed by atoms with Crippen molar-refractivity contribution in [3.63, 3.8) is 0 Å². The highest BCUT2D eigenvalue weighted by molar-refractivity contribution is 5.67. The zero-order valence-corrected chi connectivity index (χ0v) is 16.1. The largest absolute Gasteiger partial charge is 0.493 e. The van der Waals surface area contributed by atoms with Gasteiger partial charge in [-0.25, -0.2) is 0 Å². The quantitative estimate of drug-likeness (QED) is 0.802. The van der Waals surface area contributed by atoms with Crippen molar-refractivity contribution in [2.75, 3.05) is 20.8 Å². The number of carboxylic acid groups (broad SMARTS) is 1. The smallest absolute Gasteiger partial charge is 0.303 e. The molecule has 0 fully saturated rings. The van der Waals surface area contributed by atoms with Crippen LogP contribution in [0.3, 0.4) is 0 Å². The van der Waals surface area contributed by atoms with Gasteiger partial charge in [0.25, 0.3) is 0 Å². The highest BCUT2D eigenvalue weighted by Gasteiger charge is 2.33. The van der Waals surface area contributed by atoms with Gasteiger partial charge in [-0.1, -0.05) is 37.3 Å². The van der Waals surface area contributed by atoms with Crippen molar-refractivity contribution in [3.05, 3.63) is 59.2 Å². The number of methoxy groups -OCH3 is 2. The Morgan fingerprint density at radius 3 is 2.48 bits per heavy atom. The Balaban J connectivity index is 2.00. The molecule has 0 radical (unpaired) electrons. The van der Waals surface area contributed by atoms with Crippen molar-refractivity contribution in [1.82, 2.24) is 4.90 Å². The number of benzene rings is 2. The lowest BCUT2D eigenvalue weighted by Gasteiger charge is -2.41. The van der Waals surface area contributed by atoms with Crippen LogP contribution in [0.1, 0.15) is 36.1 Å². The van der Waals surface area contributed by atoms with Crippen LogP contribution in [0.25, 0.3) is 0 Å². The van der Waals surface area contributed by atoms with Crippen LogP contribution < -0.4 is 9.47 Å².